The van der Waals surface area contributed by atoms with Gasteiger partial charge in [0.15, 0.2) is 5.75 Å². The van der Waals surface area contributed by atoms with Crippen LogP contribution in [0.1, 0.15) is 0 Å². The standard InChI is InChI=1S/C8H4F5O2/c9-7(10,11)8(12,13)15-6-3-1-2-5(14)4-6/h1-4H. The van der Waals surface area contributed by atoms with Crippen LogP contribution in [0.4, 0.5) is 22.0 Å². The Kier molecular flexibility index (Phi) is 2.74. The van der Waals surface area contributed by atoms with Gasteiger partial charge in [-0.1, -0.05) is 6.07 Å². The van der Waals surface area contributed by atoms with Gasteiger partial charge in [0.2, 0.25) is 0 Å². The molecule has 0 saturated carbocycles. The minimum absolute atomic E-state index is 0.541. The Morgan fingerprint density at radius 1 is 1.07 bits per heavy atom. The van der Waals surface area contributed by atoms with Crippen molar-refractivity contribution in [2.24, 2.45) is 0 Å². The van der Waals surface area contributed by atoms with Gasteiger partial charge < -0.3 is 4.74 Å². The highest BCUT2D eigenvalue weighted by Crippen LogP contribution is 2.37. The Hall–Kier alpha value is -1.53. The van der Waals surface area contributed by atoms with Crippen LogP contribution in [0, 0.1) is 0 Å². The van der Waals surface area contributed by atoms with E-state index in [-0.39, 0.29) is 0 Å². The number of hydrogen-bond acceptors (Lipinski definition) is 1. The number of benzene rings is 1. The molecule has 0 atom stereocenters. The monoisotopic (exact) mass is 227 g/mol. The molecule has 0 amide bonds. The second kappa shape index (κ2) is 3.56. The lowest BCUT2D eigenvalue weighted by atomic mass is 10.3. The third kappa shape index (κ3) is 2.71. The Morgan fingerprint density at radius 2 is 1.67 bits per heavy atom. The highest BCUT2D eigenvalue weighted by atomic mass is 19.4. The smallest absolute Gasteiger partial charge is 0.426 e. The molecule has 0 fully saturated rings. The molecule has 2 nitrogen and oxygen atoms in total. The van der Waals surface area contributed by atoms with Gasteiger partial charge in [-0.25, -0.2) is 0 Å². The third-order valence-electron chi connectivity index (χ3n) is 1.38. The topological polar surface area (TPSA) is 29.1 Å². The number of ether oxygens (including phenoxy) is 1. The summed E-state index contributed by atoms with van der Waals surface area (Å²) in [5.41, 5.74) is 0. The summed E-state index contributed by atoms with van der Waals surface area (Å²) in [5, 5.41) is 10.6. The first-order valence-corrected chi connectivity index (χ1v) is 3.63. The summed E-state index contributed by atoms with van der Waals surface area (Å²) in [6.07, 6.45) is -11.1. The maximum atomic E-state index is 12.3. The average Bonchev–Trinajstić information content (AvgIpc) is 2.00. The summed E-state index contributed by atoms with van der Waals surface area (Å²) in [6, 6.07) is 3.39. The number of hydrogen-bond donors (Lipinski definition) is 0. The molecule has 1 rings (SSSR count). The van der Waals surface area contributed by atoms with Crippen molar-refractivity contribution in [3.63, 3.8) is 0 Å². The number of alkyl halides is 5. The second-order valence-corrected chi connectivity index (χ2v) is 2.59. The lowest BCUT2D eigenvalue weighted by molar-refractivity contribution is -0.360. The van der Waals surface area contributed by atoms with Crippen molar-refractivity contribution in [1.82, 2.24) is 0 Å². The number of halogens is 5. The van der Waals surface area contributed by atoms with Gasteiger partial charge in [0, 0.05) is 6.07 Å². The molecule has 83 valence electrons. The summed E-state index contributed by atoms with van der Waals surface area (Å²) in [4.78, 5) is 0. The predicted molar refractivity (Wildman–Crippen MR) is 38.2 cm³/mol. The van der Waals surface area contributed by atoms with Gasteiger partial charge in [-0.05, 0) is 12.1 Å². The van der Waals surface area contributed by atoms with E-state index in [1.165, 1.54) is 0 Å². The Morgan fingerprint density at radius 3 is 2.13 bits per heavy atom. The van der Waals surface area contributed by atoms with Crippen LogP contribution < -0.4 is 4.74 Å². The summed E-state index contributed by atoms with van der Waals surface area (Å²) < 4.78 is 63.0. The van der Waals surface area contributed by atoms with Crippen LogP contribution in [0.3, 0.4) is 0 Å². The molecule has 0 aliphatic carbocycles. The van der Waals surface area contributed by atoms with Crippen molar-refractivity contribution in [2.45, 2.75) is 12.3 Å². The predicted octanol–water partition coefficient (Wildman–Crippen LogP) is 3.36. The van der Waals surface area contributed by atoms with Crippen molar-refractivity contribution < 1.29 is 31.8 Å². The first-order valence-electron chi connectivity index (χ1n) is 3.63. The molecule has 1 radical (unpaired) electrons. The average molecular weight is 227 g/mol. The van der Waals surface area contributed by atoms with E-state index in [2.05, 4.69) is 4.74 Å². The van der Waals surface area contributed by atoms with Crippen molar-refractivity contribution in [1.29, 1.82) is 0 Å². The molecule has 0 unspecified atom stereocenters. The SMILES string of the molecule is [O]c1cccc(OC(F)(F)C(F)(F)F)c1. The molecule has 1 aromatic rings. The minimum atomic E-state index is -5.81. The molecule has 0 saturated heterocycles. The first kappa shape index (κ1) is 11.5. The quantitative estimate of drug-likeness (QED) is 0.712. The van der Waals surface area contributed by atoms with Crippen LogP contribution in [0.25, 0.3) is 0 Å². The van der Waals surface area contributed by atoms with E-state index in [1.807, 2.05) is 0 Å². The van der Waals surface area contributed by atoms with E-state index in [0.29, 0.717) is 6.07 Å². The van der Waals surface area contributed by atoms with Gasteiger partial charge in [-0.3, -0.25) is 5.11 Å². The lowest BCUT2D eigenvalue weighted by Gasteiger charge is -2.19. The molecule has 15 heavy (non-hydrogen) atoms. The molecule has 0 aliphatic rings. The van der Waals surface area contributed by atoms with E-state index >= 15 is 0 Å². The Labute approximate surface area is 80.9 Å². The first-order chi connectivity index (χ1) is 6.72. The van der Waals surface area contributed by atoms with Crippen molar-refractivity contribution in [2.75, 3.05) is 0 Å². The van der Waals surface area contributed by atoms with Crippen LogP contribution in [-0.2, 0) is 5.11 Å². The van der Waals surface area contributed by atoms with E-state index in [4.69, 9.17) is 0 Å². The maximum Gasteiger partial charge on any atom is 0.499 e. The van der Waals surface area contributed by atoms with E-state index in [9.17, 15) is 27.1 Å². The summed E-state index contributed by atoms with van der Waals surface area (Å²) >= 11 is 0. The fourth-order valence-electron chi connectivity index (χ4n) is 0.744. The highest BCUT2D eigenvalue weighted by Gasteiger charge is 2.61. The van der Waals surface area contributed by atoms with Crippen LogP contribution in [-0.4, -0.2) is 12.3 Å². The highest BCUT2D eigenvalue weighted by molar-refractivity contribution is 5.31. The zero-order valence-corrected chi connectivity index (χ0v) is 7.02. The zero-order chi connectivity index (χ0) is 11.7. The molecule has 7 heteroatoms. The van der Waals surface area contributed by atoms with Crippen LogP contribution in [0.15, 0.2) is 24.3 Å². The van der Waals surface area contributed by atoms with Crippen molar-refractivity contribution in [3.8, 4) is 11.5 Å². The molecule has 0 heterocycles. The molecule has 0 aromatic heterocycles. The van der Waals surface area contributed by atoms with Gasteiger partial charge in [0.05, 0.1) is 0 Å². The molecular weight excluding hydrogens is 223 g/mol. The van der Waals surface area contributed by atoms with Crippen LogP contribution in [0.5, 0.6) is 11.5 Å². The largest absolute Gasteiger partial charge is 0.499 e. The molecule has 0 aliphatic heterocycles. The fraction of sp³-hybridized carbons (Fsp3) is 0.250. The normalized spacial score (nSPS) is 12.6. The Balaban J connectivity index is 2.87. The van der Waals surface area contributed by atoms with Gasteiger partial charge in [-0.2, -0.15) is 22.0 Å². The summed E-state index contributed by atoms with van der Waals surface area (Å²) in [5.74, 6) is -1.55. The number of rotatable bonds is 2. The molecule has 0 N–H and O–H groups in total. The van der Waals surface area contributed by atoms with Gasteiger partial charge in [-0.15, -0.1) is 0 Å². The van der Waals surface area contributed by atoms with Crippen molar-refractivity contribution in [3.05, 3.63) is 24.3 Å². The maximum absolute atomic E-state index is 12.3. The molecule has 0 bridgehead atoms. The Bertz CT molecular complexity index is 347. The minimum Gasteiger partial charge on any atom is -0.426 e. The van der Waals surface area contributed by atoms with Gasteiger partial charge in [0.25, 0.3) is 0 Å². The van der Waals surface area contributed by atoms with Gasteiger partial charge >= 0.3 is 12.3 Å². The summed E-state index contributed by atoms with van der Waals surface area (Å²) in [7, 11) is 0. The summed E-state index contributed by atoms with van der Waals surface area (Å²) in [6.45, 7) is 0. The zero-order valence-electron chi connectivity index (χ0n) is 7.02. The van der Waals surface area contributed by atoms with Crippen molar-refractivity contribution >= 4 is 0 Å². The molecular formula is C8H4F5O2. The van der Waals surface area contributed by atoms with E-state index in [1.54, 1.807) is 0 Å². The third-order valence-corrected chi connectivity index (χ3v) is 1.38. The van der Waals surface area contributed by atoms with Crippen LogP contribution >= 0.6 is 0 Å². The molecule has 1 aromatic carbocycles. The van der Waals surface area contributed by atoms with Gasteiger partial charge in [0.1, 0.15) is 5.75 Å². The van der Waals surface area contributed by atoms with Crippen LogP contribution in [0.2, 0.25) is 0 Å². The van der Waals surface area contributed by atoms with E-state index in [0.717, 1.165) is 18.2 Å². The second-order valence-electron chi connectivity index (χ2n) is 2.59. The molecule has 0 spiro atoms. The lowest BCUT2D eigenvalue weighted by Crippen LogP contribution is -2.41. The van der Waals surface area contributed by atoms with E-state index < -0.39 is 23.8 Å². The fourth-order valence-corrected chi connectivity index (χ4v) is 0.744.